The van der Waals surface area contributed by atoms with Crippen LogP contribution in [-0.4, -0.2) is 40.2 Å². The monoisotopic (exact) mass is 431 g/mol. The Kier molecular flexibility index (Phi) is 6.70. The molecule has 3 aromatic carbocycles. The maximum absolute atomic E-state index is 12.2. The molecule has 1 fully saturated rings. The predicted octanol–water partition coefficient (Wildman–Crippen LogP) is 4.31. The number of nitrogens with zero attached hydrogens (tertiary/aromatic N) is 1. The summed E-state index contributed by atoms with van der Waals surface area (Å²) in [7, 11) is 0. The second-order valence-electron chi connectivity index (χ2n) is 8.44. The molecule has 1 aliphatic heterocycles. The molecule has 1 heterocycles. The van der Waals surface area contributed by atoms with Gasteiger partial charge in [-0.25, -0.2) is 4.79 Å². The fraction of sp³-hybridized carbons (Fsp3) is 0.296. The van der Waals surface area contributed by atoms with E-state index in [2.05, 4.69) is 4.90 Å². The predicted molar refractivity (Wildman–Crippen MR) is 123 cm³/mol. The summed E-state index contributed by atoms with van der Waals surface area (Å²) in [5, 5.41) is 22.0. The highest BCUT2D eigenvalue weighted by Crippen LogP contribution is 2.35. The summed E-state index contributed by atoms with van der Waals surface area (Å²) in [6.45, 7) is 3.41. The van der Waals surface area contributed by atoms with E-state index in [4.69, 9.17) is 4.74 Å². The molecule has 0 radical (unpaired) electrons. The van der Waals surface area contributed by atoms with Crippen molar-refractivity contribution in [3.05, 3.63) is 102 Å². The number of hydrogen-bond donors (Lipinski definition) is 2. The molecule has 5 nitrogen and oxygen atoms in total. The van der Waals surface area contributed by atoms with Crippen molar-refractivity contribution in [1.82, 2.24) is 4.90 Å². The summed E-state index contributed by atoms with van der Waals surface area (Å²) < 4.78 is 5.42. The Labute approximate surface area is 188 Å². The van der Waals surface area contributed by atoms with Crippen molar-refractivity contribution in [3.8, 4) is 5.75 Å². The molecule has 0 aromatic heterocycles. The third kappa shape index (κ3) is 4.91. The average molecular weight is 432 g/mol. The van der Waals surface area contributed by atoms with Gasteiger partial charge < -0.3 is 14.9 Å². The van der Waals surface area contributed by atoms with E-state index in [1.165, 1.54) is 0 Å². The van der Waals surface area contributed by atoms with Crippen molar-refractivity contribution < 1.29 is 19.7 Å². The topological polar surface area (TPSA) is 70.0 Å². The molecule has 166 valence electrons. The Balaban J connectivity index is 1.35. The Bertz CT molecular complexity index is 1010. The number of benzene rings is 3. The van der Waals surface area contributed by atoms with Gasteiger partial charge in [0.05, 0.1) is 17.3 Å². The standard InChI is InChI=1S/C27H29NO4/c1-20(28-18-16-27(31,17-19-28)23-10-6-3-7-11-23)25(29)21-12-14-24(15-13-21)32-26(30)22-8-4-2-5-9-22/h2-15,20,25,29,31H,16-19H2,1H3/t20-,25+/m1/s1. The molecular weight excluding hydrogens is 402 g/mol. The molecule has 2 atom stereocenters. The smallest absolute Gasteiger partial charge is 0.343 e. The zero-order valence-corrected chi connectivity index (χ0v) is 18.2. The van der Waals surface area contributed by atoms with Crippen molar-refractivity contribution >= 4 is 5.97 Å². The van der Waals surface area contributed by atoms with Gasteiger partial charge >= 0.3 is 5.97 Å². The fourth-order valence-electron chi connectivity index (χ4n) is 4.29. The third-order valence-corrected chi connectivity index (χ3v) is 6.41. The summed E-state index contributed by atoms with van der Waals surface area (Å²) in [4.78, 5) is 14.4. The second-order valence-corrected chi connectivity index (χ2v) is 8.44. The highest BCUT2D eigenvalue weighted by Gasteiger charge is 2.36. The number of carbonyl (C=O) groups excluding carboxylic acids is 1. The van der Waals surface area contributed by atoms with Crippen LogP contribution in [0.25, 0.3) is 0 Å². The molecule has 1 aliphatic rings. The van der Waals surface area contributed by atoms with E-state index >= 15 is 0 Å². The lowest BCUT2D eigenvalue weighted by Gasteiger charge is -2.42. The van der Waals surface area contributed by atoms with Crippen LogP contribution in [0.5, 0.6) is 5.75 Å². The van der Waals surface area contributed by atoms with Gasteiger partial charge in [-0.3, -0.25) is 4.90 Å². The van der Waals surface area contributed by atoms with E-state index in [1.54, 1.807) is 48.5 Å². The van der Waals surface area contributed by atoms with Crippen LogP contribution in [0.2, 0.25) is 0 Å². The summed E-state index contributed by atoms with van der Waals surface area (Å²) in [6, 6.07) is 25.5. The number of aliphatic hydroxyl groups excluding tert-OH is 1. The van der Waals surface area contributed by atoms with Crippen LogP contribution >= 0.6 is 0 Å². The first-order valence-electron chi connectivity index (χ1n) is 11.0. The highest BCUT2D eigenvalue weighted by atomic mass is 16.5. The molecule has 0 bridgehead atoms. The van der Waals surface area contributed by atoms with Gasteiger partial charge in [-0.2, -0.15) is 0 Å². The summed E-state index contributed by atoms with van der Waals surface area (Å²) in [5.74, 6) is 0.0276. The fourth-order valence-corrected chi connectivity index (χ4v) is 4.29. The van der Waals surface area contributed by atoms with Crippen LogP contribution in [0.15, 0.2) is 84.9 Å². The van der Waals surface area contributed by atoms with Crippen LogP contribution in [0.1, 0.15) is 47.4 Å². The van der Waals surface area contributed by atoms with Crippen molar-refractivity contribution in [2.75, 3.05) is 13.1 Å². The van der Waals surface area contributed by atoms with E-state index in [9.17, 15) is 15.0 Å². The van der Waals surface area contributed by atoms with E-state index in [0.29, 0.717) is 37.2 Å². The molecule has 0 unspecified atom stereocenters. The van der Waals surface area contributed by atoms with E-state index in [-0.39, 0.29) is 6.04 Å². The van der Waals surface area contributed by atoms with Gasteiger partial charge in [-0.1, -0.05) is 60.7 Å². The molecule has 0 saturated carbocycles. The number of hydrogen-bond acceptors (Lipinski definition) is 5. The first kappa shape index (κ1) is 22.2. The van der Waals surface area contributed by atoms with Crippen LogP contribution in [0, 0.1) is 0 Å². The molecule has 2 N–H and O–H groups in total. The Morgan fingerprint density at radius 1 is 0.906 bits per heavy atom. The van der Waals surface area contributed by atoms with Crippen LogP contribution < -0.4 is 4.74 Å². The molecule has 32 heavy (non-hydrogen) atoms. The number of esters is 1. The number of likely N-dealkylation sites (tertiary alicyclic amines) is 1. The summed E-state index contributed by atoms with van der Waals surface area (Å²) in [5.41, 5.74) is 1.40. The van der Waals surface area contributed by atoms with Crippen LogP contribution in [0.3, 0.4) is 0 Å². The Morgan fingerprint density at radius 2 is 1.47 bits per heavy atom. The van der Waals surface area contributed by atoms with Gasteiger partial charge in [0, 0.05) is 19.1 Å². The first-order valence-corrected chi connectivity index (χ1v) is 11.0. The number of ether oxygens (including phenoxy) is 1. The molecule has 3 aromatic rings. The maximum Gasteiger partial charge on any atom is 0.343 e. The number of piperidine rings is 1. The first-order chi connectivity index (χ1) is 15.5. The third-order valence-electron chi connectivity index (χ3n) is 6.41. The van der Waals surface area contributed by atoms with E-state index in [0.717, 1.165) is 11.1 Å². The van der Waals surface area contributed by atoms with Gasteiger partial charge in [0.1, 0.15) is 5.75 Å². The number of carbonyl (C=O) groups is 1. The summed E-state index contributed by atoms with van der Waals surface area (Å²) in [6.07, 6.45) is 0.571. The van der Waals surface area contributed by atoms with Gasteiger partial charge in [-0.15, -0.1) is 0 Å². The largest absolute Gasteiger partial charge is 0.423 e. The minimum atomic E-state index is -0.813. The van der Waals surface area contributed by atoms with Gasteiger partial charge in [0.25, 0.3) is 0 Å². The molecule has 5 heteroatoms. The second kappa shape index (κ2) is 9.65. The van der Waals surface area contributed by atoms with Gasteiger partial charge in [0.15, 0.2) is 0 Å². The Hall–Kier alpha value is -2.99. The molecule has 0 spiro atoms. The normalized spacial score (nSPS) is 18.0. The van der Waals surface area contributed by atoms with Crippen LogP contribution in [0.4, 0.5) is 0 Å². The number of rotatable bonds is 6. The van der Waals surface area contributed by atoms with Crippen molar-refractivity contribution in [2.45, 2.75) is 37.5 Å². The minimum absolute atomic E-state index is 0.104. The van der Waals surface area contributed by atoms with Gasteiger partial charge in [-0.05, 0) is 55.2 Å². The SMILES string of the molecule is C[C@H]([C@H](O)c1ccc(OC(=O)c2ccccc2)cc1)N1CCC(O)(c2ccccc2)CC1. The van der Waals surface area contributed by atoms with Crippen molar-refractivity contribution in [3.63, 3.8) is 0 Å². The van der Waals surface area contributed by atoms with Crippen molar-refractivity contribution in [1.29, 1.82) is 0 Å². The quantitative estimate of drug-likeness (QED) is 0.450. The highest BCUT2D eigenvalue weighted by molar-refractivity contribution is 5.90. The van der Waals surface area contributed by atoms with Crippen molar-refractivity contribution in [2.24, 2.45) is 0 Å². The average Bonchev–Trinajstić information content (AvgIpc) is 2.85. The maximum atomic E-state index is 12.2. The summed E-state index contributed by atoms with van der Waals surface area (Å²) >= 11 is 0. The lowest BCUT2D eigenvalue weighted by molar-refractivity contribution is -0.0501. The Morgan fingerprint density at radius 3 is 2.06 bits per heavy atom. The molecule has 4 rings (SSSR count). The zero-order valence-electron chi connectivity index (χ0n) is 18.2. The minimum Gasteiger partial charge on any atom is -0.423 e. The zero-order chi connectivity index (χ0) is 22.6. The van der Waals surface area contributed by atoms with E-state index < -0.39 is 17.7 Å². The lowest BCUT2D eigenvalue weighted by atomic mass is 9.83. The number of aliphatic hydroxyl groups is 2. The van der Waals surface area contributed by atoms with E-state index in [1.807, 2.05) is 43.3 Å². The lowest BCUT2D eigenvalue weighted by Crippen LogP contribution is -2.47. The van der Waals surface area contributed by atoms with Gasteiger partial charge in [0.2, 0.25) is 0 Å². The molecule has 0 amide bonds. The molecular formula is C27H29NO4. The molecule has 0 aliphatic carbocycles. The molecule has 1 saturated heterocycles. The van der Waals surface area contributed by atoms with Crippen LogP contribution in [-0.2, 0) is 5.60 Å².